The molecule has 0 aliphatic carbocycles. The maximum Gasteiger partial charge on any atom is 0.286 e. The van der Waals surface area contributed by atoms with Gasteiger partial charge in [0.2, 0.25) is 0 Å². The summed E-state index contributed by atoms with van der Waals surface area (Å²) in [6.45, 7) is 1.17. The normalized spacial score (nSPS) is 9.54. The van der Waals surface area contributed by atoms with Crippen molar-refractivity contribution in [3.05, 3.63) is 72.3 Å². The minimum absolute atomic E-state index is 0.169. The van der Waals surface area contributed by atoms with Gasteiger partial charge in [-0.1, -0.05) is 0 Å². The second kappa shape index (κ2) is 7.49. The first-order valence-electron chi connectivity index (χ1n) is 6.19. The number of phenols is 2. The van der Waals surface area contributed by atoms with Crippen LogP contribution in [-0.4, -0.2) is 25.0 Å². The smallest absolute Gasteiger partial charge is 0.286 e. The summed E-state index contributed by atoms with van der Waals surface area (Å²) >= 11 is 0. The van der Waals surface area contributed by atoms with E-state index in [1.807, 2.05) is 0 Å². The molecular weight excluding hydrogens is 326 g/mol. The molecule has 2 rings (SSSR count). The molecule has 0 fully saturated rings. The largest absolute Gasteiger partial charge is 0.508 e. The predicted octanol–water partition coefficient (Wildman–Crippen LogP) is 2.82. The number of hydrogen-bond donors (Lipinski definition) is 2. The number of nitrogens with zero attached hydrogens (tertiary/aromatic N) is 3. The molecule has 0 aliphatic heterocycles. The lowest BCUT2D eigenvalue weighted by Crippen LogP contribution is -2.00. The highest BCUT2D eigenvalue weighted by atomic mass is 16.6. The number of aromatic hydroxyl groups is 2. The molecule has 2 aromatic rings. The van der Waals surface area contributed by atoms with Crippen molar-refractivity contribution >= 4 is 17.1 Å². The molecule has 0 heterocycles. The summed E-state index contributed by atoms with van der Waals surface area (Å²) in [5.41, 5.74) is -2.16. The summed E-state index contributed by atoms with van der Waals surface area (Å²) < 4.78 is 0. The van der Waals surface area contributed by atoms with Crippen molar-refractivity contribution in [3.8, 4) is 11.5 Å². The van der Waals surface area contributed by atoms with Gasteiger partial charge in [0.05, 0.1) is 26.9 Å². The van der Waals surface area contributed by atoms with Crippen LogP contribution in [0.1, 0.15) is 5.56 Å². The van der Waals surface area contributed by atoms with Crippen molar-refractivity contribution in [2.45, 2.75) is 6.92 Å². The molecular formula is C13H11N3O8. The van der Waals surface area contributed by atoms with Crippen LogP contribution < -0.4 is 0 Å². The van der Waals surface area contributed by atoms with Gasteiger partial charge in [-0.05, 0) is 31.2 Å². The lowest BCUT2D eigenvalue weighted by Gasteiger charge is -1.99. The Hall–Kier alpha value is -3.76. The molecule has 0 spiro atoms. The third-order valence-electron chi connectivity index (χ3n) is 2.79. The first-order valence-corrected chi connectivity index (χ1v) is 6.19. The lowest BCUT2D eigenvalue weighted by atomic mass is 10.1. The van der Waals surface area contributed by atoms with Crippen LogP contribution in [0.3, 0.4) is 0 Å². The fourth-order valence-electron chi connectivity index (χ4n) is 1.61. The maximum atomic E-state index is 10.5. The van der Waals surface area contributed by atoms with Crippen molar-refractivity contribution < 1.29 is 25.0 Å². The Labute approximate surface area is 133 Å². The van der Waals surface area contributed by atoms with Gasteiger partial charge in [0.15, 0.2) is 0 Å². The van der Waals surface area contributed by atoms with Crippen LogP contribution in [0.4, 0.5) is 17.1 Å². The standard InChI is InChI=1S/C7H5N3O6.C6H6O2/c1-4-6(9(13)14)2-5(8(11)12)3-7(4)10(15)16;7-5-1-2-6(8)4-3-5/h2-3H,1H3;1-4,7-8H. The zero-order valence-corrected chi connectivity index (χ0v) is 12.1. The Morgan fingerprint density at radius 2 is 1.08 bits per heavy atom. The van der Waals surface area contributed by atoms with E-state index in [4.69, 9.17) is 10.2 Å². The highest BCUT2D eigenvalue weighted by Gasteiger charge is 2.27. The number of non-ortho nitro benzene ring substituents is 1. The second-order valence-corrected chi connectivity index (χ2v) is 4.40. The number of rotatable bonds is 3. The number of benzene rings is 2. The molecule has 0 saturated carbocycles. The fraction of sp³-hybridized carbons (Fsp3) is 0.0769. The molecule has 0 bridgehead atoms. The van der Waals surface area contributed by atoms with Crippen LogP contribution in [0.15, 0.2) is 36.4 Å². The third kappa shape index (κ3) is 4.62. The average molecular weight is 337 g/mol. The van der Waals surface area contributed by atoms with Gasteiger partial charge in [0.25, 0.3) is 17.1 Å². The molecule has 11 heteroatoms. The zero-order valence-electron chi connectivity index (χ0n) is 12.1. The zero-order chi connectivity index (χ0) is 18.4. The molecule has 0 amide bonds. The van der Waals surface area contributed by atoms with Gasteiger partial charge in [0, 0.05) is 0 Å². The predicted molar refractivity (Wildman–Crippen MR) is 80.9 cm³/mol. The van der Waals surface area contributed by atoms with Crippen LogP contribution in [0.2, 0.25) is 0 Å². The van der Waals surface area contributed by atoms with Crippen molar-refractivity contribution in [3.63, 3.8) is 0 Å². The van der Waals surface area contributed by atoms with Gasteiger partial charge in [-0.15, -0.1) is 0 Å². The molecule has 126 valence electrons. The first-order chi connectivity index (χ1) is 11.1. The molecule has 0 aromatic heterocycles. The molecule has 0 unspecified atom stereocenters. The Morgan fingerprint density at radius 1 is 0.750 bits per heavy atom. The number of nitro groups is 3. The number of hydrogen-bond acceptors (Lipinski definition) is 8. The Kier molecular flexibility index (Phi) is 5.71. The highest BCUT2D eigenvalue weighted by molar-refractivity contribution is 5.59. The van der Waals surface area contributed by atoms with Crippen molar-refractivity contribution in [2.24, 2.45) is 0 Å². The Bertz CT molecular complexity index is 732. The van der Waals surface area contributed by atoms with Crippen LogP contribution in [0, 0.1) is 37.3 Å². The van der Waals surface area contributed by atoms with Gasteiger partial charge in [-0.25, -0.2) is 0 Å². The summed E-state index contributed by atoms with van der Waals surface area (Å²) in [6.07, 6.45) is 0. The van der Waals surface area contributed by atoms with Gasteiger partial charge in [0.1, 0.15) is 17.1 Å². The monoisotopic (exact) mass is 337 g/mol. The van der Waals surface area contributed by atoms with Gasteiger partial charge in [-0.2, -0.15) is 0 Å². The van der Waals surface area contributed by atoms with Gasteiger partial charge < -0.3 is 10.2 Å². The lowest BCUT2D eigenvalue weighted by molar-refractivity contribution is -0.403. The third-order valence-corrected chi connectivity index (χ3v) is 2.79. The molecule has 24 heavy (non-hydrogen) atoms. The van der Waals surface area contributed by atoms with E-state index in [9.17, 15) is 30.3 Å². The SMILES string of the molecule is Cc1c([N+](=O)[O-])cc([N+](=O)[O-])cc1[N+](=O)[O-].Oc1ccc(O)cc1. The second-order valence-electron chi connectivity index (χ2n) is 4.40. The van der Waals surface area contributed by atoms with Crippen molar-refractivity contribution in [1.29, 1.82) is 0 Å². The topological polar surface area (TPSA) is 170 Å². The van der Waals surface area contributed by atoms with E-state index < -0.39 is 31.8 Å². The van der Waals surface area contributed by atoms with E-state index >= 15 is 0 Å². The molecule has 0 radical (unpaired) electrons. The van der Waals surface area contributed by atoms with E-state index in [-0.39, 0.29) is 17.1 Å². The Balaban J connectivity index is 0.000000300. The first kappa shape index (κ1) is 18.3. The van der Waals surface area contributed by atoms with Gasteiger partial charge >= 0.3 is 0 Å². The molecule has 2 aromatic carbocycles. The van der Waals surface area contributed by atoms with E-state index in [2.05, 4.69) is 0 Å². The maximum absolute atomic E-state index is 10.5. The van der Waals surface area contributed by atoms with E-state index in [1.165, 1.54) is 31.2 Å². The quantitative estimate of drug-likeness (QED) is 0.489. The van der Waals surface area contributed by atoms with E-state index in [1.54, 1.807) is 0 Å². The van der Waals surface area contributed by atoms with Crippen molar-refractivity contribution in [1.82, 2.24) is 0 Å². The number of phenolic OH excluding ortho intramolecular Hbond substituents is 2. The minimum Gasteiger partial charge on any atom is -0.508 e. The summed E-state index contributed by atoms with van der Waals surface area (Å²) in [5, 5.41) is 48.8. The fourth-order valence-corrected chi connectivity index (χ4v) is 1.61. The van der Waals surface area contributed by atoms with Gasteiger partial charge in [-0.3, -0.25) is 30.3 Å². The summed E-state index contributed by atoms with van der Waals surface area (Å²) in [6, 6.07) is 7.10. The molecule has 11 nitrogen and oxygen atoms in total. The molecule has 0 aliphatic rings. The highest BCUT2D eigenvalue weighted by Crippen LogP contribution is 2.32. The minimum atomic E-state index is -0.917. The van der Waals surface area contributed by atoms with E-state index in [0.29, 0.717) is 12.1 Å². The molecule has 0 saturated heterocycles. The summed E-state index contributed by atoms with van der Waals surface area (Å²) in [7, 11) is 0. The van der Waals surface area contributed by atoms with E-state index in [0.717, 1.165) is 0 Å². The molecule has 0 atom stereocenters. The van der Waals surface area contributed by atoms with Crippen molar-refractivity contribution in [2.75, 3.05) is 0 Å². The van der Waals surface area contributed by atoms with Crippen LogP contribution >= 0.6 is 0 Å². The average Bonchev–Trinajstić information content (AvgIpc) is 2.50. The Morgan fingerprint density at radius 3 is 1.33 bits per heavy atom. The summed E-state index contributed by atoms with van der Waals surface area (Å²) in [5.74, 6) is 0.339. The van der Waals surface area contributed by atoms with Crippen LogP contribution in [-0.2, 0) is 0 Å². The van der Waals surface area contributed by atoms with Crippen LogP contribution in [0.25, 0.3) is 0 Å². The van der Waals surface area contributed by atoms with Crippen LogP contribution in [0.5, 0.6) is 11.5 Å². The molecule has 2 N–H and O–H groups in total. The summed E-state index contributed by atoms with van der Waals surface area (Å²) in [4.78, 5) is 28.8. The number of nitro benzene ring substituents is 3.